The van der Waals surface area contributed by atoms with Gasteiger partial charge in [0, 0.05) is 41.4 Å². The minimum Gasteiger partial charge on any atom is -0.481 e. The molecule has 6 aromatic rings. The molecule has 0 spiro atoms. The van der Waals surface area contributed by atoms with Gasteiger partial charge in [-0.1, -0.05) is 59.8 Å². The number of carboxylic acid groups (broad SMARTS) is 1. The lowest BCUT2D eigenvalue weighted by atomic mass is 9.84. The van der Waals surface area contributed by atoms with Crippen LogP contribution in [0.1, 0.15) is 47.8 Å². The highest BCUT2D eigenvalue weighted by atomic mass is 32.2. The van der Waals surface area contributed by atoms with Gasteiger partial charge >= 0.3 is 5.97 Å². The van der Waals surface area contributed by atoms with Crippen LogP contribution in [0.15, 0.2) is 105 Å². The number of hydrogen-bond donors (Lipinski definition) is 2. The predicted molar refractivity (Wildman–Crippen MR) is 192 cm³/mol. The first-order valence-corrected chi connectivity index (χ1v) is 19.7. The zero-order chi connectivity index (χ0) is 37.4. The molecular formula is C38H35F2N3O7S2. The molecule has 4 aromatic carbocycles. The molecule has 0 bridgehead atoms. The van der Waals surface area contributed by atoms with E-state index in [0.29, 0.717) is 24.0 Å². The van der Waals surface area contributed by atoms with E-state index in [1.54, 1.807) is 28.8 Å². The number of carbonyl (C=O) groups is 1. The average molecular weight is 748 g/mol. The van der Waals surface area contributed by atoms with E-state index in [9.17, 15) is 35.5 Å². The number of aliphatic carboxylic acids is 1. The summed E-state index contributed by atoms with van der Waals surface area (Å²) in [6.45, 7) is 2.05. The number of fused-ring (bicyclic) bond motifs is 3. The van der Waals surface area contributed by atoms with Crippen molar-refractivity contribution in [3.8, 4) is 22.4 Å². The molecular weight excluding hydrogens is 713 g/mol. The van der Waals surface area contributed by atoms with Crippen molar-refractivity contribution in [3.63, 3.8) is 0 Å². The molecule has 0 saturated heterocycles. The van der Waals surface area contributed by atoms with Crippen molar-refractivity contribution in [1.29, 1.82) is 0 Å². The summed E-state index contributed by atoms with van der Waals surface area (Å²) in [7, 11) is -7.04. The second-order valence-corrected chi connectivity index (χ2v) is 16.3. The summed E-state index contributed by atoms with van der Waals surface area (Å²) in [6, 6.07) is 24.5. The Hall–Kier alpha value is -5.18. The molecule has 3 N–H and O–H groups in total. The van der Waals surface area contributed by atoms with E-state index < -0.39 is 37.5 Å². The van der Waals surface area contributed by atoms with E-state index in [1.165, 1.54) is 30.3 Å². The molecule has 270 valence electrons. The lowest BCUT2D eigenvalue weighted by Gasteiger charge is -2.24. The van der Waals surface area contributed by atoms with E-state index in [2.05, 4.69) is 5.16 Å². The fraction of sp³-hybridized carbons (Fsp3) is 0.211. The lowest BCUT2D eigenvalue weighted by molar-refractivity contribution is -0.137. The lowest BCUT2D eigenvalue weighted by Crippen LogP contribution is -2.17. The van der Waals surface area contributed by atoms with Crippen LogP contribution in [0, 0.1) is 18.6 Å². The van der Waals surface area contributed by atoms with Gasteiger partial charge in [0.2, 0.25) is 10.0 Å². The van der Waals surface area contributed by atoms with Gasteiger partial charge in [-0.25, -0.2) is 30.8 Å². The highest BCUT2D eigenvalue weighted by Crippen LogP contribution is 2.42. The Morgan fingerprint density at radius 2 is 1.60 bits per heavy atom. The Labute approximate surface area is 299 Å². The summed E-state index contributed by atoms with van der Waals surface area (Å²) in [5.74, 6) is -1.92. The first-order valence-electron chi connectivity index (χ1n) is 16.3. The van der Waals surface area contributed by atoms with Crippen LogP contribution in [0.4, 0.5) is 8.78 Å². The molecule has 0 fully saturated rings. The second-order valence-electron chi connectivity index (χ2n) is 12.7. The first kappa shape index (κ1) is 36.6. The van der Waals surface area contributed by atoms with E-state index in [0.717, 1.165) is 57.9 Å². The maximum absolute atomic E-state index is 14.9. The quantitative estimate of drug-likeness (QED) is 0.165. The molecule has 1 atom stereocenters. The Balaban J connectivity index is 0.000000187. The molecule has 1 aliphatic rings. The largest absolute Gasteiger partial charge is 0.481 e. The fourth-order valence-corrected chi connectivity index (χ4v) is 7.94. The number of nitrogens with two attached hydrogens (primary N) is 1. The maximum atomic E-state index is 14.9. The Bertz CT molecular complexity index is 2500. The number of rotatable bonds is 8. The van der Waals surface area contributed by atoms with Crippen LogP contribution >= 0.6 is 0 Å². The van der Waals surface area contributed by atoms with E-state index in [4.69, 9.17) is 9.66 Å². The number of benzene rings is 4. The molecule has 52 heavy (non-hydrogen) atoms. The topological polar surface area (TPSA) is 163 Å². The Morgan fingerprint density at radius 3 is 2.21 bits per heavy atom. The van der Waals surface area contributed by atoms with Crippen molar-refractivity contribution in [3.05, 3.63) is 125 Å². The Kier molecular flexibility index (Phi) is 10.2. The number of sulfonamides is 1. The minimum absolute atomic E-state index is 0.0756. The van der Waals surface area contributed by atoms with Crippen molar-refractivity contribution in [2.75, 3.05) is 6.26 Å². The van der Waals surface area contributed by atoms with Gasteiger partial charge in [-0.3, -0.25) is 4.79 Å². The second kappa shape index (κ2) is 14.4. The monoisotopic (exact) mass is 747 g/mol. The van der Waals surface area contributed by atoms with Crippen LogP contribution in [-0.2, 0) is 37.6 Å². The number of carboxylic acids is 1. The van der Waals surface area contributed by atoms with Crippen LogP contribution in [0.5, 0.6) is 0 Å². The number of sulfone groups is 1. The molecule has 0 saturated carbocycles. The van der Waals surface area contributed by atoms with Gasteiger partial charge in [0.05, 0.1) is 27.3 Å². The number of aromatic nitrogens is 2. The molecule has 2 heterocycles. The maximum Gasteiger partial charge on any atom is 0.304 e. The van der Waals surface area contributed by atoms with Crippen LogP contribution in [0.3, 0.4) is 0 Å². The molecule has 1 unspecified atom stereocenters. The Morgan fingerprint density at radius 1 is 0.942 bits per heavy atom. The van der Waals surface area contributed by atoms with E-state index >= 15 is 0 Å². The molecule has 0 radical (unpaired) electrons. The highest BCUT2D eigenvalue weighted by Gasteiger charge is 2.31. The van der Waals surface area contributed by atoms with Crippen molar-refractivity contribution in [2.24, 2.45) is 5.14 Å². The summed E-state index contributed by atoms with van der Waals surface area (Å²) >= 11 is 0. The van der Waals surface area contributed by atoms with Gasteiger partial charge in [0.25, 0.3) is 0 Å². The number of primary sulfonamides is 1. The standard InChI is InChI=1S/C22H21F2NO4S.C16H14N2O3S/c1-30(28,29)16-7-5-13(6-8-16)12-25-21-14(9-20(26)27)3-2-4-17(21)18-10-15(23)11-19(24)22(18)25;1-11-15(12-7-9-14(10-8-12)22(17,19)20)16(18-21-11)13-5-3-2-4-6-13/h5-8,10-11,14H,2-4,9,12H2,1H3,(H,26,27);2-10H,1H3,(H2,17,19,20). The van der Waals surface area contributed by atoms with Crippen LogP contribution < -0.4 is 5.14 Å². The van der Waals surface area contributed by atoms with Gasteiger partial charge < -0.3 is 14.2 Å². The first-order chi connectivity index (χ1) is 24.6. The molecule has 1 aliphatic carbocycles. The molecule has 2 aromatic heterocycles. The van der Waals surface area contributed by atoms with Crippen LogP contribution in [0.2, 0.25) is 0 Å². The fourth-order valence-electron chi connectivity index (χ4n) is 6.80. The summed E-state index contributed by atoms with van der Waals surface area (Å²) in [5.41, 5.74) is 5.85. The molecule has 7 rings (SSSR count). The highest BCUT2D eigenvalue weighted by molar-refractivity contribution is 7.90. The van der Waals surface area contributed by atoms with Crippen molar-refractivity contribution in [2.45, 2.75) is 54.9 Å². The van der Waals surface area contributed by atoms with Gasteiger partial charge in [-0.15, -0.1) is 0 Å². The third-order valence-corrected chi connectivity index (χ3v) is 11.1. The molecule has 10 nitrogen and oxygen atoms in total. The number of aryl methyl sites for hydroxylation is 2. The molecule has 0 aliphatic heterocycles. The summed E-state index contributed by atoms with van der Waals surface area (Å²) in [6.07, 6.45) is 3.08. The van der Waals surface area contributed by atoms with Crippen LogP contribution in [-0.4, -0.2) is 43.9 Å². The van der Waals surface area contributed by atoms with Gasteiger partial charge in [-0.2, -0.15) is 0 Å². The van der Waals surface area contributed by atoms with Crippen LogP contribution in [0.25, 0.3) is 33.3 Å². The van der Waals surface area contributed by atoms with E-state index in [-0.39, 0.29) is 34.2 Å². The third kappa shape index (κ3) is 7.69. The number of halogens is 2. The smallest absolute Gasteiger partial charge is 0.304 e. The van der Waals surface area contributed by atoms with Gasteiger partial charge in [0.15, 0.2) is 9.84 Å². The zero-order valence-corrected chi connectivity index (χ0v) is 29.8. The number of hydrogen-bond acceptors (Lipinski definition) is 7. The van der Waals surface area contributed by atoms with Crippen molar-refractivity contribution < 1.29 is 40.0 Å². The molecule has 14 heteroatoms. The SMILES string of the molecule is CS(=O)(=O)c1ccc(Cn2c3c(c4cc(F)cc(F)c42)CCCC3CC(=O)O)cc1.Cc1onc(-c2ccccc2)c1-c1ccc(S(N)(=O)=O)cc1. The predicted octanol–water partition coefficient (Wildman–Crippen LogP) is 7.23. The van der Waals surface area contributed by atoms with E-state index in [1.807, 2.05) is 37.3 Å². The third-order valence-electron chi connectivity index (χ3n) is 9.08. The average Bonchev–Trinajstić information content (AvgIpc) is 3.63. The summed E-state index contributed by atoms with van der Waals surface area (Å²) in [4.78, 5) is 11.7. The molecule has 0 amide bonds. The normalized spacial score (nSPS) is 14.4. The van der Waals surface area contributed by atoms with Gasteiger partial charge in [0.1, 0.15) is 23.1 Å². The van der Waals surface area contributed by atoms with Crippen molar-refractivity contribution >= 4 is 36.7 Å². The summed E-state index contributed by atoms with van der Waals surface area (Å²) < 4.78 is 81.9. The zero-order valence-electron chi connectivity index (χ0n) is 28.2. The summed E-state index contributed by atoms with van der Waals surface area (Å²) in [5, 5.41) is 19.1. The minimum atomic E-state index is -3.70. The van der Waals surface area contributed by atoms with Crippen molar-refractivity contribution in [1.82, 2.24) is 9.72 Å². The van der Waals surface area contributed by atoms with Gasteiger partial charge in [-0.05, 0) is 73.2 Å². The number of nitrogens with zero attached hydrogens (tertiary/aromatic N) is 2.